The van der Waals surface area contributed by atoms with Gasteiger partial charge in [-0.3, -0.25) is 4.79 Å². The average Bonchev–Trinajstić information content (AvgIpc) is 3.42. The van der Waals surface area contributed by atoms with E-state index in [9.17, 15) is 4.79 Å². The van der Waals surface area contributed by atoms with Gasteiger partial charge in [-0.2, -0.15) is 4.98 Å². The van der Waals surface area contributed by atoms with E-state index in [1.165, 1.54) is 0 Å². The number of carbonyl (C=O) groups excluding carboxylic acids is 1. The van der Waals surface area contributed by atoms with Gasteiger partial charge in [0.15, 0.2) is 11.5 Å². The summed E-state index contributed by atoms with van der Waals surface area (Å²) in [6, 6.07) is 18.6. The molecule has 4 aromatic rings. The van der Waals surface area contributed by atoms with Crippen molar-refractivity contribution in [3.05, 3.63) is 92.0 Å². The quantitative estimate of drug-likeness (QED) is 0.131. The minimum Gasteiger partial charge on any atom is -0.492 e. The fourth-order valence-corrected chi connectivity index (χ4v) is 6.66. The third kappa shape index (κ3) is 7.67. The molecule has 1 atom stereocenters. The Morgan fingerprint density at radius 2 is 1.78 bits per heavy atom. The van der Waals surface area contributed by atoms with Crippen molar-refractivity contribution in [1.82, 2.24) is 14.8 Å². The van der Waals surface area contributed by atoms with Gasteiger partial charge in [-0.05, 0) is 90.6 Å². The predicted octanol–water partition coefficient (Wildman–Crippen LogP) is 8.61. The number of nitrogens with zero attached hydrogens (tertiary/aromatic N) is 3. The number of carbonyl (C=O) groups is 1. The molecule has 0 saturated heterocycles. The van der Waals surface area contributed by atoms with Crippen LogP contribution in [0.2, 0.25) is 0 Å². The van der Waals surface area contributed by atoms with Gasteiger partial charge in [-0.25, -0.2) is 4.68 Å². The summed E-state index contributed by atoms with van der Waals surface area (Å²) in [6.45, 7) is 9.08. The maximum absolute atomic E-state index is 14.2. The van der Waals surface area contributed by atoms with Crippen LogP contribution in [-0.2, 0) is 11.4 Å². The van der Waals surface area contributed by atoms with Crippen molar-refractivity contribution in [1.29, 1.82) is 0 Å². The first-order valence-corrected chi connectivity index (χ1v) is 17.3. The van der Waals surface area contributed by atoms with E-state index >= 15 is 0 Å². The number of rotatable bonds is 13. The maximum Gasteiger partial charge on any atom is 0.255 e. The van der Waals surface area contributed by atoms with E-state index in [-0.39, 0.29) is 5.91 Å². The van der Waals surface area contributed by atoms with Gasteiger partial charge in [0.1, 0.15) is 18.4 Å². The Morgan fingerprint density at radius 3 is 2.53 bits per heavy atom. The molecule has 0 radical (unpaired) electrons. The number of amides is 1. The van der Waals surface area contributed by atoms with Gasteiger partial charge in [-0.1, -0.05) is 58.9 Å². The lowest BCUT2D eigenvalue weighted by Crippen LogP contribution is -2.31. The van der Waals surface area contributed by atoms with Crippen molar-refractivity contribution in [2.75, 3.05) is 29.6 Å². The summed E-state index contributed by atoms with van der Waals surface area (Å²) in [5.74, 6) is 2.88. The van der Waals surface area contributed by atoms with Crippen molar-refractivity contribution in [2.24, 2.45) is 0 Å². The molecule has 2 heterocycles. The molecule has 0 bridgehead atoms. The molecule has 2 N–H and O–H groups in total. The largest absolute Gasteiger partial charge is 0.492 e. The number of fused-ring (bicyclic) bond motifs is 1. The van der Waals surface area contributed by atoms with Crippen LogP contribution in [0.25, 0.3) is 0 Å². The molecule has 0 saturated carbocycles. The molecule has 9 nitrogen and oxygen atoms in total. The van der Waals surface area contributed by atoms with E-state index in [0.717, 1.165) is 27.8 Å². The lowest BCUT2D eigenvalue weighted by molar-refractivity contribution is -0.113. The number of anilines is 2. The van der Waals surface area contributed by atoms with Crippen LogP contribution in [-0.4, -0.2) is 39.6 Å². The molecule has 1 aromatic heterocycles. The minimum atomic E-state index is -0.612. The van der Waals surface area contributed by atoms with Gasteiger partial charge in [0.25, 0.3) is 5.91 Å². The third-order valence-electron chi connectivity index (χ3n) is 6.87. The van der Waals surface area contributed by atoms with Crippen LogP contribution < -0.4 is 24.8 Å². The van der Waals surface area contributed by atoms with E-state index in [0.29, 0.717) is 69.6 Å². The second kappa shape index (κ2) is 15.2. The maximum atomic E-state index is 14.2. The molecule has 0 fully saturated rings. The standard InChI is InChI=1S/C33H35Br2N5O4S/c1-5-15-45-33-38-32-36-20(4)28(31(41)37-25-13-8-9-14-26(25)42-6-2)29(40(32)39-33)22-17-24(35)30(27(18-22)43-7-3)44-19-21-11-10-12-23(34)16-21/h8-14,16-18,29H,5-7,15,19H2,1-4H3,(H,37,41)(H,36,38,39). The molecule has 45 heavy (non-hydrogen) atoms. The first-order chi connectivity index (χ1) is 21.8. The van der Waals surface area contributed by atoms with Crippen molar-refractivity contribution >= 4 is 61.2 Å². The number of nitrogens with one attached hydrogen (secondary N) is 2. The molecule has 12 heteroatoms. The van der Waals surface area contributed by atoms with E-state index in [4.69, 9.17) is 24.3 Å². The number of thioether (sulfide) groups is 1. The third-order valence-corrected chi connectivity index (χ3v) is 8.99. The fraction of sp³-hybridized carbons (Fsp3) is 0.303. The number of allylic oxidation sites excluding steroid dienone is 1. The molecule has 1 aliphatic rings. The molecule has 1 amide bonds. The first-order valence-electron chi connectivity index (χ1n) is 14.8. The fourth-order valence-electron chi connectivity index (χ4n) is 4.96. The summed E-state index contributed by atoms with van der Waals surface area (Å²) in [6.07, 6.45) is 0.988. The van der Waals surface area contributed by atoms with Gasteiger partial charge in [0, 0.05) is 15.9 Å². The van der Waals surface area contributed by atoms with Crippen LogP contribution in [0.15, 0.2) is 86.0 Å². The monoisotopic (exact) mass is 755 g/mol. The Labute approximate surface area is 284 Å². The van der Waals surface area contributed by atoms with Gasteiger partial charge in [-0.15, -0.1) is 5.10 Å². The SMILES string of the molecule is CCCSc1nc2n(n1)C(c1cc(Br)c(OCc3cccc(Br)c3)c(OCC)c1)C(C(=O)Nc1ccccc1OCC)=C(C)N2. The molecular weight excluding hydrogens is 722 g/mol. The van der Waals surface area contributed by atoms with Gasteiger partial charge in [0.05, 0.1) is 28.9 Å². The number of hydrogen-bond acceptors (Lipinski definition) is 8. The number of ether oxygens (including phenoxy) is 3. The second-order valence-corrected chi connectivity index (χ2v) is 13.0. The molecule has 0 aliphatic carbocycles. The van der Waals surface area contributed by atoms with Crippen molar-refractivity contribution in [2.45, 2.75) is 51.9 Å². The number of benzene rings is 3. The van der Waals surface area contributed by atoms with Gasteiger partial charge < -0.3 is 24.8 Å². The Hall–Kier alpha value is -3.48. The smallest absolute Gasteiger partial charge is 0.255 e. The summed E-state index contributed by atoms with van der Waals surface area (Å²) < 4.78 is 21.6. The van der Waals surface area contributed by atoms with Crippen LogP contribution >= 0.6 is 43.6 Å². The lowest BCUT2D eigenvalue weighted by Gasteiger charge is -2.29. The number of hydrogen-bond donors (Lipinski definition) is 2. The summed E-state index contributed by atoms with van der Waals surface area (Å²) in [7, 11) is 0. The minimum absolute atomic E-state index is 0.287. The van der Waals surface area contributed by atoms with Crippen molar-refractivity contribution < 1.29 is 19.0 Å². The van der Waals surface area contributed by atoms with E-state index in [1.807, 2.05) is 81.4 Å². The summed E-state index contributed by atoms with van der Waals surface area (Å²) >= 11 is 8.85. The van der Waals surface area contributed by atoms with Crippen molar-refractivity contribution in [3.63, 3.8) is 0 Å². The lowest BCUT2D eigenvalue weighted by atomic mass is 9.94. The average molecular weight is 758 g/mol. The van der Waals surface area contributed by atoms with Crippen LogP contribution in [0.5, 0.6) is 17.2 Å². The van der Waals surface area contributed by atoms with Gasteiger partial charge in [0.2, 0.25) is 11.1 Å². The van der Waals surface area contributed by atoms with E-state index < -0.39 is 6.04 Å². The van der Waals surface area contributed by atoms with E-state index in [1.54, 1.807) is 16.4 Å². The highest BCUT2D eigenvalue weighted by Crippen LogP contribution is 2.44. The molecule has 236 valence electrons. The van der Waals surface area contributed by atoms with E-state index in [2.05, 4.69) is 49.4 Å². The Bertz CT molecular complexity index is 1710. The number of halogens is 2. The summed E-state index contributed by atoms with van der Waals surface area (Å²) in [5, 5.41) is 11.9. The normalized spacial score (nSPS) is 14.0. The molecule has 1 unspecified atom stereocenters. The van der Waals surface area contributed by atoms with Crippen LogP contribution in [0.3, 0.4) is 0 Å². The number of aromatic nitrogens is 3. The molecule has 1 aliphatic heterocycles. The predicted molar refractivity (Wildman–Crippen MR) is 186 cm³/mol. The zero-order chi connectivity index (χ0) is 31.9. The zero-order valence-electron chi connectivity index (χ0n) is 25.5. The highest BCUT2D eigenvalue weighted by Gasteiger charge is 2.36. The second-order valence-electron chi connectivity index (χ2n) is 10.1. The molecule has 3 aromatic carbocycles. The number of para-hydroxylation sites is 2. The molecular formula is C33H35Br2N5O4S. The highest BCUT2D eigenvalue weighted by molar-refractivity contribution is 9.10. The Morgan fingerprint density at radius 1 is 1.00 bits per heavy atom. The highest BCUT2D eigenvalue weighted by atomic mass is 79.9. The topological polar surface area (TPSA) is 99.5 Å². The van der Waals surface area contributed by atoms with Crippen LogP contribution in [0, 0.1) is 0 Å². The Kier molecular flexibility index (Phi) is 11.1. The van der Waals surface area contributed by atoms with Crippen LogP contribution in [0.4, 0.5) is 11.6 Å². The Balaban J connectivity index is 1.57. The molecule has 5 rings (SSSR count). The zero-order valence-corrected chi connectivity index (χ0v) is 29.5. The van der Waals surface area contributed by atoms with Crippen LogP contribution in [0.1, 0.15) is 51.3 Å². The van der Waals surface area contributed by atoms with Crippen molar-refractivity contribution in [3.8, 4) is 17.2 Å². The van der Waals surface area contributed by atoms with Gasteiger partial charge >= 0.3 is 0 Å². The molecule has 0 spiro atoms. The first kappa shape index (κ1) is 32.9. The summed E-state index contributed by atoms with van der Waals surface area (Å²) in [5.41, 5.74) is 3.53. The summed E-state index contributed by atoms with van der Waals surface area (Å²) in [4.78, 5) is 18.9.